The topological polar surface area (TPSA) is 29.9 Å². The van der Waals surface area contributed by atoms with Crippen molar-refractivity contribution in [3.05, 3.63) is 41.6 Å². The van der Waals surface area contributed by atoms with Gasteiger partial charge in [-0.3, -0.25) is 4.68 Å². The molecule has 0 aliphatic heterocycles. The van der Waals surface area contributed by atoms with E-state index < -0.39 is 11.7 Å². The zero-order valence-corrected chi connectivity index (χ0v) is 14.4. The summed E-state index contributed by atoms with van der Waals surface area (Å²) < 4.78 is 40.3. The van der Waals surface area contributed by atoms with Gasteiger partial charge in [-0.15, -0.1) is 0 Å². The summed E-state index contributed by atoms with van der Waals surface area (Å²) >= 11 is 0. The summed E-state index contributed by atoms with van der Waals surface area (Å²) in [5.74, 6) is 0.601. The van der Waals surface area contributed by atoms with E-state index in [4.69, 9.17) is 0 Å². The highest BCUT2D eigenvalue weighted by atomic mass is 19.4. The zero-order valence-electron chi connectivity index (χ0n) is 14.4. The van der Waals surface area contributed by atoms with Gasteiger partial charge in [0.2, 0.25) is 0 Å². The van der Waals surface area contributed by atoms with Gasteiger partial charge in [0, 0.05) is 13.1 Å². The molecule has 1 heterocycles. The van der Waals surface area contributed by atoms with Crippen LogP contribution >= 0.6 is 0 Å². The van der Waals surface area contributed by atoms with Crippen molar-refractivity contribution in [2.75, 3.05) is 7.05 Å². The van der Waals surface area contributed by atoms with E-state index in [1.165, 1.54) is 32.1 Å². The molecular formula is C19H24F3N3. The van der Waals surface area contributed by atoms with Crippen LogP contribution in [0.15, 0.2) is 30.3 Å². The first-order valence-corrected chi connectivity index (χ1v) is 8.86. The molecule has 0 unspecified atom stereocenters. The van der Waals surface area contributed by atoms with E-state index in [9.17, 15) is 13.2 Å². The molecule has 0 atom stereocenters. The van der Waals surface area contributed by atoms with Crippen LogP contribution in [-0.2, 0) is 19.3 Å². The minimum absolute atomic E-state index is 0.601. The maximum Gasteiger partial charge on any atom is 0.416 e. The molecule has 25 heavy (non-hydrogen) atoms. The van der Waals surface area contributed by atoms with Gasteiger partial charge >= 0.3 is 6.18 Å². The summed E-state index contributed by atoms with van der Waals surface area (Å²) in [5, 5.41) is 7.76. The van der Waals surface area contributed by atoms with E-state index in [1.807, 2.05) is 17.8 Å². The van der Waals surface area contributed by atoms with Crippen LogP contribution < -0.4 is 5.32 Å². The summed E-state index contributed by atoms with van der Waals surface area (Å²) in [7, 11) is 1.86. The molecule has 136 valence electrons. The Kier molecular flexibility index (Phi) is 5.47. The summed E-state index contributed by atoms with van der Waals surface area (Å²) in [5.41, 5.74) is 1.96. The van der Waals surface area contributed by atoms with Crippen LogP contribution in [-0.4, -0.2) is 16.8 Å². The first-order valence-electron chi connectivity index (χ1n) is 8.86. The Hall–Kier alpha value is -1.82. The number of hydrogen-bond donors (Lipinski definition) is 1. The predicted molar refractivity (Wildman–Crippen MR) is 92.0 cm³/mol. The van der Waals surface area contributed by atoms with Crippen LogP contribution in [0.25, 0.3) is 11.3 Å². The number of aromatic nitrogens is 2. The Balaban J connectivity index is 1.87. The molecule has 1 aliphatic rings. The lowest BCUT2D eigenvalue weighted by molar-refractivity contribution is -0.137. The average molecular weight is 351 g/mol. The molecule has 2 aromatic rings. The summed E-state index contributed by atoms with van der Waals surface area (Å²) in [6.07, 6.45) is 1.90. The van der Waals surface area contributed by atoms with Gasteiger partial charge in [-0.2, -0.15) is 18.3 Å². The highest BCUT2D eigenvalue weighted by Gasteiger charge is 2.30. The fourth-order valence-corrected chi connectivity index (χ4v) is 3.55. The Morgan fingerprint density at radius 1 is 1.12 bits per heavy atom. The highest BCUT2D eigenvalue weighted by molar-refractivity contribution is 5.60. The third kappa shape index (κ3) is 4.42. The van der Waals surface area contributed by atoms with Gasteiger partial charge in [-0.1, -0.05) is 31.4 Å². The van der Waals surface area contributed by atoms with Crippen LogP contribution in [0.4, 0.5) is 13.2 Å². The number of nitrogens with one attached hydrogen (secondary N) is 1. The molecule has 0 bridgehead atoms. The first kappa shape index (κ1) is 18.0. The molecule has 3 nitrogen and oxygen atoms in total. The van der Waals surface area contributed by atoms with Gasteiger partial charge < -0.3 is 5.32 Å². The van der Waals surface area contributed by atoms with E-state index in [2.05, 4.69) is 10.4 Å². The molecule has 3 rings (SSSR count). The second-order valence-corrected chi connectivity index (χ2v) is 6.81. The average Bonchev–Trinajstić information content (AvgIpc) is 2.98. The first-order chi connectivity index (χ1) is 12.0. The van der Waals surface area contributed by atoms with Crippen molar-refractivity contribution in [1.29, 1.82) is 0 Å². The van der Waals surface area contributed by atoms with E-state index in [0.29, 0.717) is 12.5 Å². The third-order valence-electron chi connectivity index (χ3n) is 4.85. The maximum atomic E-state index is 12.8. The zero-order chi connectivity index (χ0) is 17.9. The lowest BCUT2D eigenvalue weighted by Gasteiger charge is -2.22. The van der Waals surface area contributed by atoms with Crippen LogP contribution in [0.1, 0.15) is 43.4 Å². The fraction of sp³-hybridized carbons (Fsp3) is 0.526. The molecule has 0 spiro atoms. The second-order valence-electron chi connectivity index (χ2n) is 6.81. The fourth-order valence-electron chi connectivity index (χ4n) is 3.55. The van der Waals surface area contributed by atoms with Gasteiger partial charge in [0.15, 0.2) is 0 Å². The minimum Gasteiger partial charge on any atom is -0.314 e. The van der Waals surface area contributed by atoms with Crippen molar-refractivity contribution < 1.29 is 13.2 Å². The number of nitrogens with zero attached hydrogens (tertiary/aromatic N) is 2. The molecule has 1 aliphatic carbocycles. The van der Waals surface area contributed by atoms with Crippen LogP contribution in [0.2, 0.25) is 0 Å². The van der Waals surface area contributed by atoms with Crippen molar-refractivity contribution in [3.63, 3.8) is 0 Å². The van der Waals surface area contributed by atoms with Crippen molar-refractivity contribution in [3.8, 4) is 11.3 Å². The highest BCUT2D eigenvalue weighted by Crippen LogP contribution is 2.32. The number of halogens is 3. The SMILES string of the molecule is CNCc1cc(-c2ccc(C(F)(F)F)cc2)n(CC2CCCCC2)n1. The van der Waals surface area contributed by atoms with E-state index >= 15 is 0 Å². The summed E-state index contributed by atoms with van der Waals surface area (Å²) in [4.78, 5) is 0. The molecule has 6 heteroatoms. The lowest BCUT2D eigenvalue weighted by atomic mass is 9.89. The molecule has 1 aromatic carbocycles. The molecule has 1 aromatic heterocycles. The molecule has 0 amide bonds. The van der Waals surface area contributed by atoms with Crippen LogP contribution in [0.3, 0.4) is 0 Å². The molecule has 1 fully saturated rings. The molecule has 1 saturated carbocycles. The van der Waals surface area contributed by atoms with Gasteiger partial charge in [-0.25, -0.2) is 0 Å². The number of rotatable bonds is 5. The molecular weight excluding hydrogens is 327 g/mol. The van der Waals surface area contributed by atoms with Gasteiger partial charge in [0.25, 0.3) is 0 Å². The lowest BCUT2D eigenvalue weighted by Crippen LogP contribution is -2.16. The number of hydrogen-bond acceptors (Lipinski definition) is 2. The van der Waals surface area contributed by atoms with Crippen molar-refractivity contribution in [1.82, 2.24) is 15.1 Å². The van der Waals surface area contributed by atoms with Gasteiger partial charge in [-0.05, 0) is 49.6 Å². The Morgan fingerprint density at radius 3 is 2.40 bits per heavy atom. The van der Waals surface area contributed by atoms with Gasteiger partial charge in [0.1, 0.15) is 0 Å². The third-order valence-corrected chi connectivity index (χ3v) is 4.85. The Morgan fingerprint density at radius 2 is 1.80 bits per heavy atom. The number of benzene rings is 1. The van der Waals surface area contributed by atoms with Crippen molar-refractivity contribution in [2.45, 2.75) is 51.4 Å². The van der Waals surface area contributed by atoms with Crippen molar-refractivity contribution >= 4 is 0 Å². The Bertz CT molecular complexity index is 683. The smallest absolute Gasteiger partial charge is 0.314 e. The number of alkyl halides is 3. The molecule has 0 saturated heterocycles. The largest absolute Gasteiger partial charge is 0.416 e. The van der Waals surface area contributed by atoms with Crippen molar-refractivity contribution in [2.24, 2.45) is 5.92 Å². The van der Waals surface area contributed by atoms with E-state index in [-0.39, 0.29) is 0 Å². The van der Waals surface area contributed by atoms with Gasteiger partial charge in [0.05, 0.1) is 17.0 Å². The summed E-state index contributed by atoms with van der Waals surface area (Å²) in [6.45, 7) is 1.48. The normalized spacial score (nSPS) is 16.3. The van der Waals surface area contributed by atoms with E-state index in [1.54, 1.807) is 12.1 Å². The quantitative estimate of drug-likeness (QED) is 0.833. The minimum atomic E-state index is -4.31. The molecule has 0 radical (unpaired) electrons. The standard InChI is InChI=1S/C19H24F3N3/c1-23-12-17-11-18(15-7-9-16(10-8-15)19(20,21)22)25(24-17)13-14-5-3-2-4-6-14/h7-11,14,23H,2-6,12-13H2,1H3. The molecule has 1 N–H and O–H groups in total. The Labute approximate surface area is 146 Å². The van der Waals surface area contributed by atoms with E-state index in [0.717, 1.165) is 35.6 Å². The predicted octanol–water partition coefficient (Wildman–Crippen LogP) is 4.87. The van der Waals surface area contributed by atoms with Crippen LogP contribution in [0, 0.1) is 5.92 Å². The summed E-state index contributed by atoms with van der Waals surface area (Å²) in [6, 6.07) is 7.35. The maximum absolute atomic E-state index is 12.8. The van der Waals surface area contributed by atoms with Crippen LogP contribution in [0.5, 0.6) is 0 Å². The monoisotopic (exact) mass is 351 g/mol. The second kappa shape index (κ2) is 7.60.